The van der Waals surface area contributed by atoms with Crippen LogP contribution in [0.25, 0.3) is 22.0 Å². The number of halogens is 1. The van der Waals surface area contributed by atoms with Crippen LogP contribution in [0.4, 0.5) is 26.4 Å². The maximum Gasteiger partial charge on any atom is 0.323 e. The van der Waals surface area contributed by atoms with Crippen molar-refractivity contribution < 1.29 is 13.9 Å². The number of urea groups is 1. The number of nitrogens with zero attached hydrogens (tertiary/aromatic N) is 3. The van der Waals surface area contributed by atoms with Gasteiger partial charge in [-0.2, -0.15) is 5.10 Å². The molecule has 1 aliphatic heterocycles. The van der Waals surface area contributed by atoms with Gasteiger partial charge in [0.2, 0.25) is 0 Å². The number of aromatic nitrogens is 2. The Morgan fingerprint density at radius 1 is 1.06 bits per heavy atom. The van der Waals surface area contributed by atoms with Crippen molar-refractivity contribution in [3.05, 3.63) is 72.0 Å². The highest BCUT2D eigenvalue weighted by molar-refractivity contribution is 6.03. The number of nitrogens with two attached hydrogens (primary N) is 1. The molecule has 0 aliphatic carbocycles. The molecule has 4 aromatic rings. The Bertz CT molecular complexity index is 1380. The average Bonchev–Trinajstić information content (AvgIpc) is 3.22. The second kappa shape index (κ2) is 10.3. The Morgan fingerprint density at radius 3 is 2.61 bits per heavy atom. The number of hydrogen-bond donors (Lipinski definition) is 3. The number of aryl methyl sites for hydroxylation is 1. The summed E-state index contributed by atoms with van der Waals surface area (Å²) in [5.74, 6) is 0.00612. The smallest absolute Gasteiger partial charge is 0.323 e. The molecule has 2 heterocycles. The number of amides is 2. The van der Waals surface area contributed by atoms with Gasteiger partial charge in [-0.1, -0.05) is 30.3 Å². The standard InChI is InChI=1S/C27H29FN6O2/c1-18-5-10-22(28)23(17-18)31-27(35)30-20-8-6-19(7-9-20)21-3-2-4-24-25(21)26(29)32-34(24)12-11-33-13-15-36-16-14-33/h2-10,17H,11-16H2,1H3,(H2,29,32)(H2,30,31,35). The Hall–Kier alpha value is -3.95. The van der Waals surface area contributed by atoms with Crippen molar-refractivity contribution in [1.82, 2.24) is 14.7 Å². The maximum atomic E-state index is 13.9. The van der Waals surface area contributed by atoms with E-state index in [2.05, 4.69) is 20.6 Å². The van der Waals surface area contributed by atoms with Crippen LogP contribution in [0, 0.1) is 12.7 Å². The van der Waals surface area contributed by atoms with E-state index in [1.54, 1.807) is 24.3 Å². The molecule has 1 aliphatic rings. The van der Waals surface area contributed by atoms with Crippen molar-refractivity contribution in [2.24, 2.45) is 0 Å². The Balaban J connectivity index is 1.31. The molecule has 36 heavy (non-hydrogen) atoms. The molecule has 0 bridgehead atoms. The predicted octanol–water partition coefficient (Wildman–Crippen LogP) is 4.71. The van der Waals surface area contributed by atoms with E-state index in [-0.39, 0.29) is 5.69 Å². The first kappa shape index (κ1) is 23.8. The van der Waals surface area contributed by atoms with Gasteiger partial charge in [0.05, 0.1) is 36.3 Å². The van der Waals surface area contributed by atoms with E-state index in [0.29, 0.717) is 11.5 Å². The highest BCUT2D eigenvalue weighted by Crippen LogP contribution is 2.33. The zero-order valence-corrected chi connectivity index (χ0v) is 20.1. The van der Waals surface area contributed by atoms with E-state index in [1.165, 1.54) is 6.07 Å². The number of nitrogens with one attached hydrogen (secondary N) is 2. The van der Waals surface area contributed by atoms with Crippen LogP contribution in [0.1, 0.15) is 5.56 Å². The van der Waals surface area contributed by atoms with Crippen molar-refractivity contribution >= 4 is 34.1 Å². The summed E-state index contributed by atoms with van der Waals surface area (Å²) in [5.41, 5.74) is 10.8. The lowest BCUT2D eigenvalue weighted by atomic mass is 10.0. The lowest BCUT2D eigenvalue weighted by Crippen LogP contribution is -2.38. The summed E-state index contributed by atoms with van der Waals surface area (Å²) in [6.45, 7) is 6.86. The van der Waals surface area contributed by atoms with Gasteiger partial charge >= 0.3 is 6.03 Å². The molecule has 9 heteroatoms. The van der Waals surface area contributed by atoms with E-state index >= 15 is 0 Å². The number of fused-ring (bicyclic) bond motifs is 1. The molecule has 0 atom stereocenters. The second-order valence-electron chi connectivity index (χ2n) is 8.90. The number of nitrogen functional groups attached to an aromatic ring is 1. The summed E-state index contributed by atoms with van der Waals surface area (Å²) in [4.78, 5) is 14.7. The number of anilines is 3. The van der Waals surface area contributed by atoms with E-state index in [9.17, 15) is 9.18 Å². The van der Waals surface area contributed by atoms with Crippen LogP contribution in [0.15, 0.2) is 60.7 Å². The molecule has 4 N–H and O–H groups in total. The molecule has 0 radical (unpaired) electrons. The number of morpholine rings is 1. The van der Waals surface area contributed by atoms with Gasteiger partial charge < -0.3 is 21.1 Å². The molecule has 0 spiro atoms. The fourth-order valence-electron chi connectivity index (χ4n) is 4.48. The van der Waals surface area contributed by atoms with Crippen LogP contribution >= 0.6 is 0 Å². The van der Waals surface area contributed by atoms with Gasteiger partial charge in [-0.3, -0.25) is 9.58 Å². The number of rotatable bonds is 6. The molecule has 0 unspecified atom stereocenters. The second-order valence-corrected chi connectivity index (χ2v) is 8.90. The van der Waals surface area contributed by atoms with E-state index < -0.39 is 11.8 Å². The van der Waals surface area contributed by atoms with Gasteiger partial charge in [-0.15, -0.1) is 0 Å². The largest absolute Gasteiger partial charge is 0.382 e. The summed E-state index contributed by atoms with van der Waals surface area (Å²) in [6, 6.07) is 17.6. The minimum Gasteiger partial charge on any atom is -0.382 e. The van der Waals surface area contributed by atoms with Crippen LogP contribution < -0.4 is 16.4 Å². The number of hydrogen-bond acceptors (Lipinski definition) is 5. The number of carbonyl (C=O) groups is 1. The number of carbonyl (C=O) groups excluding carboxylic acids is 1. The van der Waals surface area contributed by atoms with Gasteiger partial charge in [0.25, 0.3) is 0 Å². The first-order valence-corrected chi connectivity index (χ1v) is 12.0. The van der Waals surface area contributed by atoms with Crippen molar-refractivity contribution in [3.63, 3.8) is 0 Å². The first-order chi connectivity index (χ1) is 17.5. The highest BCUT2D eigenvalue weighted by atomic mass is 19.1. The van der Waals surface area contributed by atoms with Gasteiger partial charge in [-0.25, -0.2) is 9.18 Å². The van der Waals surface area contributed by atoms with E-state index in [4.69, 9.17) is 10.5 Å². The van der Waals surface area contributed by atoms with Crippen molar-refractivity contribution in [3.8, 4) is 11.1 Å². The lowest BCUT2D eigenvalue weighted by Gasteiger charge is -2.26. The molecular formula is C27H29FN6O2. The van der Waals surface area contributed by atoms with Crippen LogP contribution in [-0.4, -0.2) is 53.6 Å². The SMILES string of the molecule is Cc1ccc(F)c(NC(=O)Nc2ccc(-c3cccc4c3c(N)nn4CCN3CCOCC3)cc2)c1. The average molecular weight is 489 g/mol. The number of ether oxygens (including phenoxy) is 1. The number of benzene rings is 3. The molecule has 186 valence electrons. The van der Waals surface area contributed by atoms with E-state index in [0.717, 1.165) is 67.0 Å². The monoisotopic (exact) mass is 488 g/mol. The third-order valence-corrected chi connectivity index (χ3v) is 6.36. The van der Waals surface area contributed by atoms with Gasteiger partial charge in [0.15, 0.2) is 5.82 Å². The molecule has 3 aromatic carbocycles. The molecule has 1 aromatic heterocycles. The summed E-state index contributed by atoms with van der Waals surface area (Å²) in [7, 11) is 0. The van der Waals surface area contributed by atoms with E-state index in [1.807, 2.05) is 41.9 Å². The quantitative estimate of drug-likeness (QED) is 0.365. The predicted molar refractivity (Wildman–Crippen MR) is 141 cm³/mol. The minimum absolute atomic E-state index is 0.136. The van der Waals surface area contributed by atoms with Crippen molar-refractivity contribution in [2.45, 2.75) is 13.5 Å². The topological polar surface area (TPSA) is 97.4 Å². The van der Waals surface area contributed by atoms with Gasteiger partial charge in [0.1, 0.15) is 5.82 Å². The minimum atomic E-state index is -0.514. The van der Waals surface area contributed by atoms with Crippen LogP contribution in [0.5, 0.6) is 0 Å². The third-order valence-electron chi connectivity index (χ3n) is 6.36. The molecule has 1 saturated heterocycles. The molecule has 1 fully saturated rings. The van der Waals surface area contributed by atoms with Crippen molar-refractivity contribution in [1.29, 1.82) is 0 Å². The maximum absolute atomic E-state index is 13.9. The molecule has 8 nitrogen and oxygen atoms in total. The molecule has 0 saturated carbocycles. The summed E-state index contributed by atoms with van der Waals surface area (Å²) < 4.78 is 21.3. The summed E-state index contributed by atoms with van der Waals surface area (Å²) in [5, 5.41) is 10.8. The first-order valence-electron chi connectivity index (χ1n) is 12.0. The summed E-state index contributed by atoms with van der Waals surface area (Å²) >= 11 is 0. The highest BCUT2D eigenvalue weighted by Gasteiger charge is 2.16. The molecule has 2 amide bonds. The summed E-state index contributed by atoms with van der Waals surface area (Å²) in [6.07, 6.45) is 0. The zero-order valence-electron chi connectivity index (χ0n) is 20.1. The van der Waals surface area contributed by atoms with Gasteiger partial charge in [0, 0.05) is 25.3 Å². The van der Waals surface area contributed by atoms with Crippen LogP contribution in [-0.2, 0) is 11.3 Å². The Morgan fingerprint density at radius 2 is 1.83 bits per heavy atom. The van der Waals surface area contributed by atoms with Crippen LogP contribution in [0.2, 0.25) is 0 Å². The van der Waals surface area contributed by atoms with Crippen molar-refractivity contribution in [2.75, 3.05) is 49.2 Å². The van der Waals surface area contributed by atoms with Crippen LogP contribution in [0.3, 0.4) is 0 Å². The normalized spacial score (nSPS) is 14.2. The lowest BCUT2D eigenvalue weighted by molar-refractivity contribution is 0.0361. The zero-order chi connectivity index (χ0) is 25.1. The third kappa shape index (κ3) is 5.17. The fourth-order valence-corrected chi connectivity index (χ4v) is 4.48. The Kier molecular flexibility index (Phi) is 6.84. The fraction of sp³-hybridized carbons (Fsp3) is 0.259. The molecule has 5 rings (SSSR count). The molecular weight excluding hydrogens is 459 g/mol. The van der Waals surface area contributed by atoms with Gasteiger partial charge in [-0.05, 0) is 53.9 Å². The Labute approximate surface area is 208 Å².